The molecule has 1 unspecified atom stereocenters. The fraction of sp³-hybridized carbons (Fsp3) is 0.375. The van der Waals surface area contributed by atoms with Gasteiger partial charge in [-0.2, -0.15) is 13.2 Å². The van der Waals surface area contributed by atoms with Crippen molar-refractivity contribution >= 4 is 17.3 Å². The Hall–Kier alpha value is -2.17. The molecule has 0 fully saturated rings. The smallest absolute Gasteiger partial charge is 0.443 e. The maximum atomic E-state index is 12.5. The van der Waals surface area contributed by atoms with Crippen LogP contribution in [0.4, 0.5) is 13.2 Å². The van der Waals surface area contributed by atoms with E-state index in [9.17, 15) is 23.1 Å². The Morgan fingerprint density at radius 1 is 1.42 bits per heavy atom. The summed E-state index contributed by atoms with van der Waals surface area (Å²) in [5.74, 6) is -0.0253. The highest BCUT2D eigenvalue weighted by molar-refractivity contribution is 7.09. The third kappa shape index (κ3) is 5.97. The molecular weight excluding hydrogens is 373 g/mol. The van der Waals surface area contributed by atoms with E-state index >= 15 is 0 Å². The number of hydrogen-bond acceptors (Lipinski definition) is 7. The summed E-state index contributed by atoms with van der Waals surface area (Å²) in [4.78, 5) is 14.5. The summed E-state index contributed by atoms with van der Waals surface area (Å²) in [6, 6.07) is 6.91. The number of aromatic nitrogens is 1. The lowest BCUT2D eigenvalue weighted by Crippen LogP contribution is -2.21. The van der Waals surface area contributed by atoms with Gasteiger partial charge in [-0.1, -0.05) is 12.1 Å². The number of aliphatic hydroxyl groups excluding tert-OH is 1. The van der Waals surface area contributed by atoms with Crippen molar-refractivity contribution in [3.63, 3.8) is 0 Å². The lowest BCUT2D eigenvalue weighted by molar-refractivity contribution is -0.143. The van der Waals surface area contributed by atoms with Gasteiger partial charge in [-0.25, -0.2) is 9.78 Å². The lowest BCUT2D eigenvalue weighted by Gasteiger charge is -2.11. The van der Waals surface area contributed by atoms with Gasteiger partial charge in [0.05, 0.1) is 12.8 Å². The third-order valence-corrected chi connectivity index (χ3v) is 4.16. The van der Waals surface area contributed by atoms with Crippen LogP contribution in [0, 0.1) is 0 Å². The summed E-state index contributed by atoms with van der Waals surface area (Å²) in [5.41, 5.74) is 0.791. The lowest BCUT2D eigenvalue weighted by atomic mass is 10.2. The number of esters is 1. The highest BCUT2D eigenvalue weighted by atomic mass is 32.1. The number of nitrogens with one attached hydrogen (secondary N) is 1. The number of alkyl halides is 3. The number of carbonyl (C=O) groups excluding carboxylic acids is 1. The summed E-state index contributed by atoms with van der Waals surface area (Å²) in [7, 11) is 1.26. The van der Waals surface area contributed by atoms with E-state index in [0.717, 1.165) is 5.56 Å². The van der Waals surface area contributed by atoms with E-state index in [-0.39, 0.29) is 18.8 Å². The maximum Gasteiger partial charge on any atom is 0.443 e. The Balaban J connectivity index is 1.83. The first-order valence-electron chi connectivity index (χ1n) is 7.49. The SMILES string of the molecule is COC(=O)COc1cccc(CNCC(O)c2csc(C(F)(F)F)n2)c1. The van der Waals surface area contributed by atoms with Crippen LogP contribution < -0.4 is 10.1 Å². The Morgan fingerprint density at radius 2 is 2.19 bits per heavy atom. The van der Waals surface area contributed by atoms with Crippen molar-refractivity contribution in [2.75, 3.05) is 20.3 Å². The van der Waals surface area contributed by atoms with Crippen LogP contribution in [-0.2, 0) is 22.3 Å². The average Bonchev–Trinajstić information content (AvgIpc) is 3.10. The quantitative estimate of drug-likeness (QED) is 0.675. The predicted octanol–water partition coefficient (Wildman–Crippen LogP) is 2.54. The molecule has 1 heterocycles. The van der Waals surface area contributed by atoms with E-state index in [1.807, 2.05) is 0 Å². The molecule has 0 aliphatic carbocycles. The molecule has 2 N–H and O–H groups in total. The molecule has 1 atom stereocenters. The number of hydrogen-bond donors (Lipinski definition) is 2. The third-order valence-electron chi connectivity index (χ3n) is 3.26. The van der Waals surface area contributed by atoms with Crippen LogP contribution in [0.5, 0.6) is 5.75 Å². The second-order valence-corrected chi connectivity index (χ2v) is 6.09. The highest BCUT2D eigenvalue weighted by Crippen LogP contribution is 2.32. The van der Waals surface area contributed by atoms with E-state index in [1.165, 1.54) is 12.5 Å². The number of thiazole rings is 1. The summed E-state index contributed by atoms with van der Waals surface area (Å²) >= 11 is 0.448. The number of halogens is 3. The van der Waals surface area contributed by atoms with Crippen molar-refractivity contribution in [1.29, 1.82) is 0 Å². The summed E-state index contributed by atoms with van der Waals surface area (Å²) < 4.78 is 47.3. The Morgan fingerprint density at radius 3 is 2.85 bits per heavy atom. The molecule has 0 amide bonds. The molecule has 1 aromatic carbocycles. The summed E-state index contributed by atoms with van der Waals surface area (Å²) in [5, 5.41) is 13.1. The average molecular weight is 390 g/mol. The zero-order valence-corrected chi connectivity index (χ0v) is 14.6. The second kappa shape index (κ2) is 8.97. The number of nitrogens with zero attached hydrogens (tertiary/aromatic N) is 1. The van der Waals surface area contributed by atoms with Crippen molar-refractivity contribution in [3.05, 3.63) is 45.9 Å². The van der Waals surface area contributed by atoms with Crippen molar-refractivity contribution in [2.24, 2.45) is 0 Å². The van der Waals surface area contributed by atoms with Gasteiger partial charge >= 0.3 is 12.1 Å². The molecule has 0 aliphatic rings. The van der Waals surface area contributed by atoms with Gasteiger partial charge in [-0.05, 0) is 17.7 Å². The number of methoxy groups -OCH3 is 1. The fourth-order valence-electron chi connectivity index (χ4n) is 1.97. The molecule has 1 aromatic heterocycles. The van der Waals surface area contributed by atoms with Crippen molar-refractivity contribution in [3.8, 4) is 5.75 Å². The van der Waals surface area contributed by atoms with Crippen LogP contribution >= 0.6 is 11.3 Å². The largest absolute Gasteiger partial charge is 0.482 e. The maximum absolute atomic E-state index is 12.5. The molecule has 0 radical (unpaired) electrons. The zero-order chi connectivity index (χ0) is 19.2. The molecule has 2 rings (SSSR count). The first-order valence-corrected chi connectivity index (χ1v) is 8.37. The predicted molar refractivity (Wildman–Crippen MR) is 87.7 cm³/mol. The van der Waals surface area contributed by atoms with E-state index in [0.29, 0.717) is 23.6 Å². The number of aliphatic hydroxyl groups is 1. The minimum Gasteiger partial charge on any atom is -0.482 e. The van der Waals surface area contributed by atoms with Crippen molar-refractivity contribution < 1.29 is 32.5 Å². The summed E-state index contributed by atoms with van der Waals surface area (Å²) in [6.07, 6.45) is -5.66. The van der Waals surface area contributed by atoms with Crippen LogP contribution in [0.25, 0.3) is 0 Å². The molecule has 10 heteroatoms. The van der Waals surface area contributed by atoms with Gasteiger partial charge in [0.1, 0.15) is 11.9 Å². The van der Waals surface area contributed by atoms with Gasteiger partial charge in [0.2, 0.25) is 0 Å². The van der Waals surface area contributed by atoms with Crippen LogP contribution in [0.3, 0.4) is 0 Å². The first-order chi connectivity index (χ1) is 12.3. The van der Waals surface area contributed by atoms with Gasteiger partial charge in [0.25, 0.3) is 0 Å². The molecule has 0 saturated heterocycles. The van der Waals surface area contributed by atoms with Gasteiger partial charge in [0.15, 0.2) is 11.6 Å². The van der Waals surface area contributed by atoms with Crippen LogP contribution in [0.2, 0.25) is 0 Å². The zero-order valence-electron chi connectivity index (χ0n) is 13.7. The Labute approximate surface area is 151 Å². The van der Waals surface area contributed by atoms with E-state index < -0.39 is 23.3 Å². The standard InChI is InChI=1S/C16H17F3N2O4S/c1-24-14(23)8-25-11-4-2-3-10(5-11)6-20-7-13(22)12-9-26-15(21-12)16(17,18)19/h2-5,9,13,20,22H,6-8H2,1H3. The topological polar surface area (TPSA) is 80.7 Å². The van der Waals surface area contributed by atoms with Crippen LogP contribution in [-0.4, -0.2) is 36.3 Å². The van der Waals surface area contributed by atoms with Crippen molar-refractivity contribution in [2.45, 2.75) is 18.8 Å². The van der Waals surface area contributed by atoms with Crippen LogP contribution in [0.15, 0.2) is 29.6 Å². The molecule has 0 saturated carbocycles. The molecule has 2 aromatic rings. The Kier molecular flexibility index (Phi) is 6.95. The molecule has 6 nitrogen and oxygen atoms in total. The highest BCUT2D eigenvalue weighted by Gasteiger charge is 2.35. The Bertz CT molecular complexity index is 736. The molecular formula is C16H17F3N2O4S. The van der Waals surface area contributed by atoms with E-state index in [2.05, 4.69) is 15.0 Å². The number of carbonyl (C=O) groups is 1. The molecule has 26 heavy (non-hydrogen) atoms. The van der Waals surface area contributed by atoms with Crippen molar-refractivity contribution in [1.82, 2.24) is 10.3 Å². The summed E-state index contributed by atoms with van der Waals surface area (Å²) in [6.45, 7) is 0.175. The number of ether oxygens (including phenoxy) is 2. The molecule has 142 valence electrons. The van der Waals surface area contributed by atoms with E-state index in [4.69, 9.17) is 4.74 Å². The van der Waals surface area contributed by atoms with Gasteiger partial charge in [-0.3, -0.25) is 0 Å². The molecule has 0 bridgehead atoms. The fourth-order valence-corrected chi connectivity index (χ4v) is 2.71. The number of rotatable bonds is 8. The van der Waals surface area contributed by atoms with Crippen LogP contribution in [0.1, 0.15) is 22.4 Å². The number of benzene rings is 1. The minimum absolute atomic E-state index is 0.0232. The first kappa shape index (κ1) is 20.1. The molecule has 0 aliphatic heterocycles. The van der Waals surface area contributed by atoms with Gasteiger partial charge in [-0.15, -0.1) is 11.3 Å². The second-order valence-electron chi connectivity index (χ2n) is 5.23. The normalized spacial score (nSPS) is 12.7. The monoisotopic (exact) mass is 390 g/mol. The van der Waals surface area contributed by atoms with Gasteiger partial charge in [0, 0.05) is 18.5 Å². The molecule has 0 spiro atoms. The minimum atomic E-state index is -4.51. The van der Waals surface area contributed by atoms with E-state index in [1.54, 1.807) is 24.3 Å². The van der Waals surface area contributed by atoms with Gasteiger partial charge < -0.3 is 19.9 Å².